The Bertz CT molecular complexity index is 845. The Labute approximate surface area is 204 Å². The molecule has 0 aromatic heterocycles. The summed E-state index contributed by atoms with van der Waals surface area (Å²) in [6, 6.07) is 8.99. The number of hydrogen-bond acceptors (Lipinski definition) is 6. The van der Waals surface area contributed by atoms with E-state index in [0.717, 1.165) is 45.3 Å². The van der Waals surface area contributed by atoms with E-state index in [-0.39, 0.29) is 36.0 Å². The summed E-state index contributed by atoms with van der Waals surface area (Å²) < 4.78 is 5.31. The van der Waals surface area contributed by atoms with Gasteiger partial charge in [-0.15, -0.1) is 0 Å². The quantitative estimate of drug-likeness (QED) is 0.621. The first-order valence-electron chi connectivity index (χ1n) is 12.7. The molecule has 4 rings (SSSR count). The Kier molecular flexibility index (Phi) is 8.11. The monoisotopic (exact) mass is 471 g/mol. The number of carbonyl (C=O) groups is 2. The normalized spacial score (nSPS) is 28.0. The fourth-order valence-corrected chi connectivity index (χ4v) is 5.92. The highest BCUT2D eigenvalue weighted by molar-refractivity contribution is 5.83. The van der Waals surface area contributed by atoms with E-state index in [9.17, 15) is 9.59 Å². The first kappa shape index (κ1) is 24.9. The summed E-state index contributed by atoms with van der Waals surface area (Å²) in [5.74, 6) is 0.335. The SMILES string of the molecule is COCC1CCCN1C(=O)CCC1CNC(=O)C2C(CCN2Cc2ccc(N(C)C)cc2)N1C. The van der Waals surface area contributed by atoms with Crippen molar-refractivity contribution in [3.8, 4) is 0 Å². The van der Waals surface area contributed by atoms with Crippen molar-refractivity contribution < 1.29 is 14.3 Å². The lowest BCUT2D eigenvalue weighted by Gasteiger charge is -2.33. The third-order valence-corrected chi connectivity index (χ3v) is 7.94. The Morgan fingerprint density at radius 2 is 1.91 bits per heavy atom. The summed E-state index contributed by atoms with van der Waals surface area (Å²) in [6.07, 6.45) is 4.33. The van der Waals surface area contributed by atoms with Gasteiger partial charge in [0.05, 0.1) is 12.6 Å². The van der Waals surface area contributed by atoms with Gasteiger partial charge >= 0.3 is 0 Å². The number of benzene rings is 1. The maximum Gasteiger partial charge on any atom is 0.239 e. The number of ether oxygens (including phenoxy) is 1. The first-order valence-corrected chi connectivity index (χ1v) is 12.7. The highest BCUT2D eigenvalue weighted by atomic mass is 16.5. The topological polar surface area (TPSA) is 68.4 Å². The molecule has 3 fully saturated rings. The fraction of sp³-hybridized carbons (Fsp3) is 0.692. The smallest absolute Gasteiger partial charge is 0.239 e. The summed E-state index contributed by atoms with van der Waals surface area (Å²) in [6.45, 7) is 3.72. The maximum absolute atomic E-state index is 13.1. The molecule has 0 saturated carbocycles. The molecule has 3 aliphatic rings. The molecular weight excluding hydrogens is 430 g/mol. The van der Waals surface area contributed by atoms with Crippen LogP contribution in [0.5, 0.6) is 0 Å². The third kappa shape index (κ3) is 5.39. The molecule has 4 atom stereocenters. The Hall–Kier alpha value is -2.16. The van der Waals surface area contributed by atoms with Gasteiger partial charge in [-0.1, -0.05) is 12.1 Å². The Morgan fingerprint density at radius 1 is 1.15 bits per heavy atom. The second-order valence-electron chi connectivity index (χ2n) is 10.3. The molecule has 1 aromatic rings. The van der Waals surface area contributed by atoms with Gasteiger partial charge in [-0.25, -0.2) is 0 Å². The number of rotatable bonds is 8. The standard InChI is InChI=1S/C26H41N5O3/c1-28(2)20-9-7-19(8-10-20)17-30-15-13-23-25(30)26(33)27-16-21(29(23)3)11-12-24(32)31-14-5-6-22(31)18-34-4/h7-10,21-23,25H,5-6,11-18H2,1-4H3,(H,27,33). The van der Waals surface area contributed by atoms with Crippen molar-refractivity contribution in [2.24, 2.45) is 0 Å². The van der Waals surface area contributed by atoms with Gasteiger partial charge in [0, 0.05) is 71.6 Å². The zero-order valence-electron chi connectivity index (χ0n) is 21.2. The Balaban J connectivity index is 1.36. The van der Waals surface area contributed by atoms with Gasteiger partial charge in [0.15, 0.2) is 0 Å². The highest BCUT2D eigenvalue weighted by Gasteiger charge is 2.45. The summed E-state index contributed by atoms with van der Waals surface area (Å²) in [4.78, 5) is 34.8. The molecule has 34 heavy (non-hydrogen) atoms. The van der Waals surface area contributed by atoms with Crippen LogP contribution in [0.1, 0.15) is 37.7 Å². The molecule has 3 heterocycles. The zero-order valence-corrected chi connectivity index (χ0v) is 21.2. The van der Waals surface area contributed by atoms with Gasteiger partial charge in [-0.2, -0.15) is 0 Å². The van der Waals surface area contributed by atoms with Gasteiger partial charge in [0.1, 0.15) is 6.04 Å². The van der Waals surface area contributed by atoms with Crippen molar-refractivity contribution in [2.75, 3.05) is 59.4 Å². The number of amides is 2. The molecule has 4 unspecified atom stereocenters. The van der Waals surface area contributed by atoms with Gasteiger partial charge in [0.25, 0.3) is 0 Å². The van der Waals surface area contributed by atoms with E-state index < -0.39 is 0 Å². The van der Waals surface area contributed by atoms with E-state index in [0.29, 0.717) is 19.6 Å². The number of nitrogens with one attached hydrogen (secondary N) is 1. The van der Waals surface area contributed by atoms with Crippen molar-refractivity contribution in [1.82, 2.24) is 20.0 Å². The first-order chi connectivity index (χ1) is 16.4. The number of likely N-dealkylation sites (tertiary alicyclic amines) is 2. The highest BCUT2D eigenvalue weighted by Crippen LogP contribution is 2.29. The van der Waals surface area contributed by atoms with Gasteiger partial charge < -0.3 is 19.9 Å². The molecule has 1 N–H and O–H groups in total. The third-order valence-electron chi connectivity index (χ3n) is 7.94. The molecule has 0 radical (unpaired) electrons. The van der Waals surface area contributed by atoms with Crippen LogP contribution >= 0.6 is 0 Å². The van der Waals surface area contributed by atoms with Crippen molar-refractivity contribution in [1.29, 1.82) is 0 Å². The predicted octanol–water partition coefficient (Wildman–Crippen LogP) is 1.54. The van der Waals surface area contributed by atoms with E-state index in [1.807, 2.05) is 19.0 Å². The minimum absolute atomic E-state index is 0.118. The lowest BCUT2D eigenvalue weighted by molar-refractivity contribution is -0.133. The second-order valence-corrected chi connectivity index (χ2v) is 10.3. The molecular formula is C26H41N5O3. The number of anilines is 1. The van der Waals surface area contributed by atoms with Gasteiger partial charge in [-0.05, 0) is 50.4 Å². The number of methoxy groups -OCH3 is 1. The molecule has 3 saturated heterocycles. The van der Waals surface area contributed by atoms with E-state index in [1.165, 1.54) is 11.3 Å². The van der Waals surface area contributed by atoms with Crippen LogP contribution in [-0.2, 0) is 20.9 Å². The van der Waals surface area contributed by atoms with Crippen molar-refractivity contribution in [3.05, 3.63) is 29.8 Å². The Morgan fingerprint density at radius 3 is 2.62 bits per heavy atom. The summed E-state index contributed by atoms with van der Waals surface area (Å²) in [7, 11) is 7.91. The molecule has 0 spiro atoms. The summed E-state index contributed by atoms with van der Waals surface area (Å²) in [5.41, 5.74) is 2.40. The molecule has 188 valence electrons. The minimum Gasteiger partial charge on any atom is -0.383 e. The van der Waals surface area contributed by atoms with Crippen molar-refractivity contribution >= 4 is 17.5 Å². The van der Waals surface area contributed by atoms with Crippen molar-refractivity contribution in [2.45, 2.75) is 62.8 Å². The summed E-state index contributed by atoms with van der Waals surface area (Å²) in [5, 5.41) is 3.18. The van der Waals surface area contributed by atoms with Crippen LogP contribution in [0.4, 0.5) is 5.69 Å². The fourth-order valence-electron chi connectivity index (χ4n) is 5.92. The van der Waals surface area contributed by atoms with Crippen LogP contribution in [0, 0.1) is 0 Å². The largest absolute Gasteiger partial charge is 0.383 e. The van der Waals surface area contributed by atoms with Crippen LogP contribution in [0.2, 0.25) is 0 Å². The number of nitrogens with zero attached hydrogens (tertiary/aromatic N) is 4. The van der Waals surface area contributed by atoms with E-state index >= 15 is 0 Å². The average molecular weight is 472 g/mol. The average Bonchev–Trinajstić information content (AvgIpc) is 3.43. The molecule has 0 bridgehead atoms. The summed E-state index contributed by atoms with van der Waals surface area (Å²) >= 11 is 0. The zero-order chi connectivity index (χ0) is 24.2. The van der Waals surface area contributed by atoms with E-state index in [1.54, 1.807) is 7.11 Å². The predicted molar refractivity (Wildman–Crippen MR) is 134 cm³/mol. The van der Waals surface area contributed by atoms with E-state index in [2.05, 4.69) is 51.3 Å². The molecule has 8 nitrogen and oxygen atoms in total. The lowest BCUT2D eigenvalue weighted by Crippen LogP contribution is -2.49. The van der Waals surface area contributed by atoms with Crippen LogP contribution < -0.4 is 10.2 Å². The van der Waals surface area contributed by atoms with E-state index in [4.69, 9.17) is 4.74 Å². The molecule has 2 amide bonds. The van der Waals surface area contributed by atoms with Gasteiger partial charge in [0.2, 0.25) is 11.8 Å². The number of hydrogen-bond donors (Lipinski definition) is 1. The number of likely N-dealkylation sites (N-methyl/N-ethyl adjacent to an activating group) is 1. The molecule has 3 aliphatic heterocycles. The van der Waals surface area contributed by atoms with Gasteiger partial charge in [-0.3, -0.25) is 19.4 Å². The number of fused-ring (bicyclic) bond motifs is 1. The molecule has 8 heteroatoms. The van der Waals surface area contributed by atoms with Crippen LogP contribution in [0.25, 0.3) is 0 Å². The lowest BCUT2D eigenvalue weighted by atomic mass is 10.0. The van der Waals surface area contributed by atoms with Crippen LogP contribution in [0.3, 0.4) is 0 Å². The minimum atomic E-state index is -0.149. The maximum atomic E-state index is 13.1. The number of carbonyl (C=O) groups excluding carboxylic acids is 2. The van der Waals surface area contributed by atoms with Crippen LogP contribution in [0.15, 0.2) is 24.3 Å². The van der Waals surface area contributed by atoms with Crippen LogP contribution in [-0.4, -0.2) is 105 Å². The van der Waals surface area contributed by atoms with Crippen molar-refractivity contribution in [3.63, 3.8) is 0 Å². The molecule has 0 aliphatic carbocycles. The second kappa shape index (κ2) is 11.1. The molecule has 1 aromatic carbocycles.